The number of ether oxygens (including phenoxy) is 1. The molecule has 1 aliphatic rings. The average Bonchev–Trinajstić information content (AvgIpc) is 3.19. The molecule has 0 amide bonds. The van der Waals surface area contributed by atoms with Gasteiger partial charge in [0.15, 0.2) is 0 Å². The number of aryl methyl sites for hydroxylation is 1. The summed E-state index contributed by atoms with van der Waals surface area (Å²) in [6.07, 6.45) is 2.27. The van der Waals surface area contributed by atoms with E-state index >= 15 is 0 Å². The van der Waals surface area contributed by atoms with Crippen LogP contribution in [0, 0.1) is 0 Å². The minimum atomic E-state index is -4.41. The van der Waals surface area contributed by atoms with Crippen molar-refractivity contribution < 1.29 is 26.5 Å². The standard InChI is InChI=1S/C19H19N2OS2.CH4O4S/c1-4-22-13-9-10-15-17(11-13)24-19(21(15)3)12-18-20(2)14-7-5-6-8-16(14)23-18;1-5-6(2,3)4/h5-12H,4H2,1-3H3;1H3,(H,2,3,4)/q+1;/p-1. The summed E-state index contributed by atoms with van der Waals surface area (Å²) in [6, 6.07) is 14.8. The molecule has 2 aromatic carbocycles. The summed E-state index contributed by atoms with van der Waals surface area (Å²) in [4.78, 5) is 3.57. The van der Waals surface area contributed by atoms with E-state index in [0.717, 1.165) is 12.9 Å². The van der Waals surface area contributed by atoms with Gasteiger partial charge in [0.25, 0.3) is 5.01 Å². The predicted molar refractivity (Wildman–Crippen MR) is 120 cm³/mol. The monoisotopic (exact) mass is 466 g/mol. The molecule has 0 fully saturated rings. The third-order valence-electron chi connectivity index (χ3n) is 4.37. The topological polar surface area (TPSA) is 82.8 Å². The fraction of sp³-hybridized carbons (Fsp3) is 0.250. The van der Waals surface area contributed by atoms with Crippen LogP contribution in [-0.4, -0.2) is 33.7 Å². The van der Waals surface area contributed by atoms with E-state index in [0.29, 0.717) is 6.61 Å². The Morgan fingerprint density at radius 3 is 2.57 bits per heavy atom. The van der Waals surface area contributed by atoms with Crippen molar-refractivity contribution in [2.24, 2.45) is 7.05 Å². The van der Waals surface area contributed by atoms with Gasteiger partial charge in [-0.2, -0.15) is 4.57 Å². The summed E-state index contributed by atoms with van der Waals surface area (Å²) < 4.78 is 40.1. The molecule has 160 valence electrons. The number of nitrogens with zero attached hydrogens (tertiary/aromatic N) is 2. The lowest BCUT2D eigenvalue weighted by Gasteiger charge is -2.12. The Morgan fingerprint density at radius 2 is 1.93 bits per heavy atom. The second-order valence-electron chi connectivity index (χ2n) is 6.25. The molecule has 7 nitrogen and oxygen atoms in total. The molecule has 3 aromatic rings. The molecule has 0 saturated heterocycles. The highest BCUT2D eigenvalue weighted by Gasteiger charge is 2.24. The quantitative estimate of drug-likeness (QED) is 0.329. The van der Waals surface area contributed by atoms with Crippen LogP contribution in [0.25, 0.3) is 16.3 Å². The van der Waals surface area contributed by atoms with Gasteiger partial charge in [-0.3, -0.25) is 4.18 Å². The molecule has 0 aliphatic carbocycles. The SMILES string of the molecule is CCOc1ccc2c(c1)sc(/C=C1\Sc3ccccc3N1C)[n+]2C.COS(=O)(=O)[O-]. The van der Waals surface area contributed by atoms with Gasteiger partial charge in [-0.1, -0.05) is 35.2 Å². The maximum atomic E-state index is 9.22. The van der Waals surface area contributed by atoms with Crippen LogP contribution in [0.1, 0.15) is 11.9 Å². The Bertz CT molecular complexity index is 1190. The van der Waals surface area contributed by atoms with E-state index in [9.17, 15) is 13.0 Å². The van der Waals surface area contributed by atoms with E-state index in [-0.39, 0.29) is 0 Å². The first kappa shape index (κ1) is 22.6. The Kier molecular flexibility index (Phi) is 7.04. The Hall–Kier alpha value is -2.11. The van der Waals surface area contributed by atoms with E-state index in [2.05, 4.69) is 70.2 Å². The molecule has 0 atom stereocenters. The van der Waals surface area contributed by atoms with Gasteiger partial charge in [0.1, 0.15) is 17.5 Å². The van der Waals surface area contributed by atoms with E-state index in [1.165, 1.54) is 30.8 Å². The molecule has 4 rings (SSSR count). The smallest absolute Gasteiger partial charge is 0.265 e. The molecule has 0 radical (unpaired) electrons. The molecule has 1 aliphatic heterocycles. The molecule has 1 aromatic heterocycles. The summed E-state index contributed by atoms with van der Waals surface area (Å²) in [5, 5.41) is 2.49. The number of fused-ring (bicyclic) bond motifs is 2. The Labute approximate surface area is 184 Å². The average molecular weight is 467 g/mol. The number of hydrogen-bond acceptors (Lipinski definition) is 8. The van der Waals surface area contributed by atoms with Crippen LogP contribution in [0.4, 0.5) is 5.69 Å². The predicted octanol–water partition coefficient (Wildman–Crippen LogP) is 3.76. The van der Waals surface area contributed by atoms with E-state index in [4.69, 9.17) is 4.74 Å². The number of thioether (sulfide) groups is 1. The Balaban J connectivity index is 0.000000377. The molecular weight excluding hydrogens is 444 g/mol. The van der Waals surface area contributed by atoms with Crippen LogP contribution in [0.5, 0.6) is 5.75 Å². The number of para-hydroxylation sites is 1. The van der Waals surface area contributed by atoms with Crippen molar-refractivity contribution in [2.75, 3.05) is 25.7 Å². The van der Waals surface area contributed by atoms with Crippen molar-refractivity contribution >= 4 is 55.5 Å². The maximum Gasteiger partial charge on any atom is 0.265 e. The zero-order chi connectivity index (χ0) is 21.9. The number of benzene rings is 2. The zero-order valence-corrected chi connectivity index (χ0v) is 19.4. The van der Waals surface area contributed by atoms with E-state index in [1.807, 2.05) is 24.8 Å². The lowest BCUT2D eigenvalue weighted by molar-refractivity contribution is -0.642. The highest BCUT2D eigenvalue weighted by molar-refractivity contribution is 8.03. The number of thiazole rings is 1. The molecule has 0 saturated carbocycles. The fourth-order valence-electron chi connectivity index (χ4n) is 2.89. The second kappa shape index (κ2) is 9.36. The lowest BCUT2D eigenvalue weighted by atomic mass is 10.3. The highest BCUT2D eigenvalue weighted by atomic mass is 32.3. The second-order valence-corrected chi connectivity index (χ2v) is 9.52. The van der Waals surface area contributed by atoms with Crippen molar-refractivity contribution in [2.45, 2.75) is 11.8 Å². The van der Waals surface area contributed by atoms with Crippen molar-refractivity contribution in [3.63, 3.8) is 0 Å². The first-order chi connectivity index (χ1) is 14.2. The van der Waals surface area contributed by atoms with Crippen molar-refractivity contribution in [1.82, 2.24) is 0 Å². The minimum Gasteiger partial charge on any atom is -0.726 e. The van der Waals surface area contributed by atoms with Gasteiger partial charge in [0.2, 0.25) is 15.9 Å². The number of aromatic nitrogens is 1. The van der Waals surface area contributed by atoms with Gasteiger partial charge in [0, 0.05) is 24.1 Å². The summed E-state index contributed by atoms with van der Waals surface area (Å²) in [5.74, 6) is 0.936. The highest BCUT2D eigenvalue weighted by Crippen LogP contribution is 2.45. The maximum absolute atomic E-state index is 9.22. The van der Waals surface area contributed by atoms with E-state index in [1.54, 1.807) is 11.3 Å². The molecule has 0 N–H and O–H groups in total. The number of hydrogen-bond donors (Lipinski definition) is 0. The molecule has 0 bridgehead atoms. The number of rotatable bonds is 4. The normalized spacial score (nSPS) is 14.6. The summed E-state index contributed by atoms with van der Waals surface area (Å²) in [7, 11) is 0.649. The summed E-state index contributed by atoms with van der Waals surface area (Å²) in [6.45, 7) is 2.71. The van der Waals surface area contributed by atoms with Gasteiger partial charge in [-0.25, -0.2) is 8.42 Å². The van der Waals surface area contributed by atoms with Crippen LogP contribution in [0.15, 0.2) is 52.4 Å². The van der Waals surface area contributed by atoms with Crippen LogP contribution in [0.2, 0.25) is 0 Å². The van der Waals surface area contributed by atoms with Crippen molar-refractivity contribution in [1.29, 1.82) is 0 Å². The third-order valence-corrected chi connectivity index (χ3v) is 7.09. The van der Waals surface area contributed by atoms with Gasteiger partial charge in [0.05, 0.1) is 30.5 Å². The first-order valence-electron chi connectivity index (χ1n) is 9.02. The molecule has 2 heterocycles. The van der Waals surface area contributed by atoms with E-state index < -0.39 is 10.4 Å². The minimum absolute atomic E-state index is 0.694. The van der Waals surface area contributed by atoms with Gasteiger partial charge in [-0.05, 0) is 25.1 Å². The Morgan fingerprint density at radius 1 is 1.23 bits per heavy atom. The summed E-state index contributed by atoms with van der Waals surface area (Å²) >= 11 is 3.62. The largest absolute Gasteiger partial charge is 0.726 e. The summed E-state index contributed by atoms with van der Waals surface area (Å²) in [5.41, 5.74) is 2.51. The molecule has 10 heteroatoms. The van der Waals surface area contributed by atoms with Crippen LogP contribution >= 0.6 is 23.1 Å². The van der Waals surface area contributed by atoms with Crippen molar-refractivity contribution in [3.8, 4) is 5.75 Å². The van der Waals surface area contributed by atoms with Crippen molar-refractivity contribution in [3.05, 3.63) is 52.5 Å². The van der Waals surface area contributed by atoms with Crippen LogP contribution < -0.4 is 14.2 Å². The molecule has 0 spiro atoms. The molecule has 30 heavy (non-hydrogen) atoms. The first-order valence-corrected chi connectivity index (χ1v) is 12.0. The lowest BCUT2D eigenvalue weighted by Crippen LogP contribution is -2.29. The molecule has 0 unspecified atom stereocenters. The van der Waals surface area contributed by atoms with Gasteiger partial charge >= 0.3 is 0 Å². The van der Waals surface area contributed by atoms with Gasteiger partial charge in [-0.15, -0.1) is 0 Å². The van der Waals surface area contributed by atoms with Crippen LogP contribution in [0.3, 0.4) is 0 Å². The number of anilines is 1. The fourth-order valence-corrected chi connectivity index (χ4v) is 5.17. The van der Waals surface area contributed by atoms with Gasteiger partial charge < -0.3 is 14.2 Å². The zero-order valence-electron chi connectivity index (χ0n) is 17.0. The molecular formula is C20H22N2O5S3. The van der Waals surface area contributed by atoms with Crippen LogP contribution in [-0.2, 0) is 21.6 Å². The third kappa shape index (κ3) is 5.13.